The van der Waals surface area contributed by atoms with Gasteiger partial charge in [-0.05, 0) is 24.1 Å². The summed E-state index contributed by atoms with van der Waals surface area (Å²) >= 11 is 0. The molecule has 0 heterocycles. The summed E-state index contributed by atoms with van der Waals surface area (Å²) in [7, 11) is -3.12. The Labute approximate surface area is 106 Å². The van der Waals surface area contributed by atoms with Gasteiger partial charge in [0.1, 0.15) is 15.7 Å². The molecular weight excluding hydrogens is 257 g/mol. The molecule has 0 aliphatic carbocycles. The normalized spacial score (nSPS) is 13.3. The number of hydrogen-bond acceptors (Lipinski definition) is 4. The van der Waals surface area contributed by atoms with E-state index >= 15 is 0 Å². The molecule has 0 aliphatic rings. The van der Waals surface area contributed by atoms with E-state index in [0.717, 1.165) is 6.26 Å². The van der Waals surface area contributed by atoms with Gasteiger partial charge in [-0.3, -0.25) is 4.79 Å². The molecule has 0 spiro atoms. The Hall–Kier alpha value is -1.27. The van der Waals surface area contributed by atoms with Crippen LogP contribution in [0.25, 0.3) is 0 Å². The van der Waals surface area contributed by atoms with Crippen molar-refractivity contribution in [2.45, 2.75) is 18.9 Å². The van der Waals surface area contributed by atoms with E-state index < -0.39 is 21.7 Å². The maximum Gasteiger partial charge on any atom is 0.153 e. The molecule has 0 saturated heterocycles. The largest absolute Gasteiger partial charge is 0.321 e. The summed E-state index contributed by atoms with van der Waals surface area (Å²) in [5.41, 5.74) is 6.14. The zero-order valence-corrected chi connectivity index (χ0v) is 10.9. The Morgan fingerprint density at radius 2 is 2.11 bits per heavy atom. The lowest BCUT2D eigenvalue weighted by Gasteiger charge is -2.09. The summed E-state index contributed by atoms with van der Waals surface area (Å²) in [6.45, 7) is 0. The summed E-state index contributed by atoms with van der Waals surface area (Å²) in [4.78, 5) is 11.7. The molecule has 0 aliphatic heterocycles. The number of hydrogen-bond donors (Lipinski definition) is 1. The maximum atomic E-state index is 12.9. The number of Topliss-reactive ketones (excluding diaryl/α,β-unsaturated/α-hetero) is 1. The van der Waals surface area contributed by atoms with E-state index in [1.54, 1.807) is 6.07 Å². The van der Waals surface area contributed by atoms with Crippen LogP contribution in [0.15, 0.2) is 24.3 Å². The zero-order valence-electron chi connectivity index (χ0n) is 10.1. The minimum absolute atomic E-state index is 0.0166. The van der Waals surface area contributed by atoms with Crippen molar-refractivity contribution in [2.24, 2.45) is 5.73 Å². The summed E-state index contributed by atoms with van der Waals surface area (Å²) in [5.74, 6) is -0.822. The number of carbonyl (C=O) groups excluding carboxylic acids is 1. The Kier molecular flexibility index (Phi) is 4.98. The predicted molar refractivity (Wildman–Crippen MR) is 67.4 cm³/mol. The van der Waals surface area contributed by atoms with Gasteiger partial charge in [0, 0.05) is 12.7 Å². The zero-order chi connectivity index (χ0) is 13.8. The first-order valence-electron chi connectivity index (χ1n) is 5.48. The molecule has 100 valence electrons. The number of carbonyl (C=O) groups is 1. The molecule has 18 heavy (non-hydrogen) atoms. The number of ketones is 1. The molecule has 1 atom stereocenters. The molecule has 0 bridgehead atoms. The number of sulfone groups is 1. The van der Waals surface area contributed by atoms with Crippen molar-refractivity contribution >= 4 is 15.6 Å². The quantitative estimate of drug-likeness (QED) is 0.827. The summed E-state index contributed by atoms with van der Waals surface area (Å²) in [6.07, 6.45) is 1.20. The average Bonchev–Trinajstić information content (AvgIpc) is 2.24. The maximum absolute atomic E-state index is 12.9. The van der Waals surface area contributed by atoms with Gasteiger partial charge in [0.05, 0.1) is 11.8 Å². The topological polar surface area (TPSA) is 77.2 Å². The van der Waals surface area contributed by atoms with Crippen molar-refractivity contribution < 1.29 is 17.6 Å². The van der Waals surface area contributed by atoms with Crippen LogP contribution >= 0.6 is 0 Å². The molecule has 6 heteroatoms. The first-order chi connectivity index (χ1) is 8.28. The summed E-state index contributed by atoms with van der Waals surface area (Å²) in [6, 6.07) is 4.87. The summed E-state index contributed by atoms with van der Waals surface area (Å²) in [5, 5.41) is 0. The van der Waals surface area contributed by atoms with Gasteiger partial charge in [-0.2, -0.15) is 0 Å². The Morgan fingerprint density at radius 1 is 1.44 bits per heavy atom. The van der Waals surface area contributed by atoms with Gasteiger partial charge in [-0.25, -0.2) is 12.8 Å². The van der Waals surface area contributed by atoms with Crippen LogP contribution in [0.4, 0.5) is 4.39 Å². The second-order valence-electron chi connectivity index (χ2n) is 4.30. The third-order valence-corrected chi connectivity index (χ3v) is 3.46. The van der Waals surface area contributed by atoms with Crippen molar-refractivity contribution in [1.82, 2.24) is 0 Å². The molecule has 1 rings (SSSR count). The van der Waals surface area contributed by atoms with Gasteiger partial charge in [0.25, 0.3) is 0 Å². The molecule has 4 nitrogen and oxygen atoms in total. The Morgan fingerprint density at radius 3 is 2.67 bits per heavy atom. The smallest absolute Gasteiger partial charge is 0.153 e. The van der Waals surface area contributed by atoms with Gasteiger partial charge >= 0.3 is 0 Å². The molecule has 0 saturated carbocycles. The van der Waals surface area contributed by atoms with Crippen LogP contribution in [-0.2, 0) is 21.1 Å². The van der Waals surface area contributed by atoms with Crippen LogP contribution in [0, 0.1) is 5.82 Å². The average molecular weight is 273 g/mol. The molecule has 1 aromatic carbocycles. The fraction of sp³-hybridized carbons (Fsp3) is 0.417. The number of rotatable bonds is 6. The number of nitrogens with two attached hydrogens (primary N) is 1. The van der Waals surface area contributed by atoms with E-state index in [2.05, 4.69) is 0 Å². The Balaban J connectivity index is 2.55. The van der Waals surface area contributed by atoms with Crippen LogP contribution in [0.1, 0.15) is 12.0 Å². The predicted octanol–water partition coefficient (Wildman–Crippen LogP) is 0.699. The monoisotopic (exact) mass is 273 g/mol. The van der Waals surface area contributed by atoms with Crippen LogP contribution in [-0.4, -0.2) is 32.3 Å². The van der Waals surface area contributed by atoms with Crippen LogP contribution in [0.5, 0.6) is 0 Å². The van der Waals surface area contributed by atoms with Crippen molar-refractivity contribution in [2.75, 3.05) is 12.0 Å². The lowest BCUT2D eigenvalue weighted by molar-refractivity contribution is -0.119. The molecular formula is C12H16FNO3S. The van der Waals surface area contributed by atoms with E-state index in [1.807, 2.05) is 0 Å². The fourth-order valence-electron chi connectivity index (χ4n) is 1.48. The molecule has 0 fully saturated rings. The lowest BCUT2D eigenvalue weighted by atomic mass is 10.0. The first kappa shape index (κ1) is 14.8. The second-order valence-corrected chi connectivity index (χ2v) is 6.56. The lowest BCUT2D eigenvalue weighted by Crippen LogP contribution is -2.33. The minimum atomic E-state index is -3.12. The second kappa shape index (κ2) is 6.06. The molecule has 0 aromatic heterocycles. The highest BCUT2D eigenvalue weighted by Gasteiger charge is 2.16. The molecule has 1 unspecified atom stereocenters. The Bertz CT molecular complexity index is 528. The number of halogens is 1. The molecule has 0 radical (unpaired) electrons. The van der Waals surface area contributed by atoms with Crippen LogP contribution in [0.2, 0.25) is 0 Å². The van der Waals surface area contributed by atoms with Gasteiger partial charge in [0.2, 0.25) is 0 Å². The van der Waals surface area contributed by atoms with E-state index in [9.17, 15) is 17.6 Å². The van der Waals surface area contributed by atoms with Crippen LogP contribution < -0.4 is 5.73 Å². The molecule has 2 N–H and O–H groups in total. The molecule has 0 amide bonds. The van der Waals surface area contributed by atoms with E-state index in [4.69, 9.17) is 5.73 Å². The first-order valence-corrected chi connectivity index (χ1v) is 7.54. The highest BCUT2D eigenvalue weighted by atomic mass is 32.2. The molecule has 1 aromatic rings. The van der Waals surface area contributed by atoms with E-state index in [0.29, 0.717) is 5.56 Å². The van der Waals surface area contributed by atoms with E-state index in [1.165, 1.54) is 18.2 Å². The highest BCUT2D eigenvalue weighted by Crippen LogP contribution is 2.06. The van der Waals surface area contributed by atoms with Crippen molar-refractivity contribution in [3.8, 4) is 0 Å². The van der Waals surface area contributed by atoms with Gasteiger partial charge in [-0.15, -0.1) is 0 Å². The number of benzene rings is 1. The summed E-state index contributed by atoms with van der Waals surface area (Å²) < 4.78 is 34.8. The van der Waals surface area contributed by atoms with Gasteiger partial charge in [0.15, 0.2) is 5.78 Å². The van der Waals surface area contributed by atoms with Crippen LogP contribution in [0.3, 0.4) is 0 Å². The minimum Gasteiger partial charge on any atom is -0.321 e. The fourth-order valence-corrected chi connectivity index (χ4v) is 2.16. The third kappa shape index (κ3) is 5.37. The highest BCUT2D eigenvalue weighted by molar-refractivity contribution is 7.90. The SMILES string of the molecule is CS(=O)(=O)CCC(N)C(=O)Cc1cccc(F)c1. The third-order valence-electron chi connectivity index (χ3n) is 2.48. The van der Waals surface area contributed by atoms with Gasteiger partial charge in [-0.1, -0.05) is 12.1 Å². The van der Waals surface area contributed by atoms with Crippen molar-refractivity contribution in [1.29, 1.82) is 0 Å². The standard InChI is InChI=1S/C12H16FNO3S/c1-18(16,17)6-5-11(14)12(15)8-9-3-2-4-10(13)7-9/h2-4,7,11H,5-6,8,14H2,1H3. The van der Waals surface area contributed by atoms with Gasteiger partial charge < -0.3 is 5.73 Å². The van der Waals surface area contributed by atoms with Crippen molar-refractivity contribution in [3.63, 3.8) is 0 Å². The van der Waals surface area contributed by atoms with E-state index in [-0.39, 0.29) is 24.4 Å². The van der Waals surface area contributed by atoms with Crippen molar-refractivity contribution in [3.05, 3.63) is 35.6 Å².